The van der Waals surface area contributed by atoms with Gasteiger partial charge >= 0.3 is 0 Å². The van der Waals surface area contributed by atoms with E-state index in [1.165, 1.54) is 0 Å². The van der Waals surface area contributed by atoms with Crippen LogP contribution in [0, 0.1) is 13.8 Å². The highest BCUT2D eigenvalue weighted by molar-refractivity contribution is 7.89. The molecule has 0 aliphatic carbocycles. The van der Waals surface area contributed by atoms with Crippen molar-refractivity contribution < 1.29 is 8.42 Å². The second-order valence-corrected chi connectivity index (χ2v) is 6.08. The normalized spacial score (nSPS) is 11.9. The van der Waals surface area contributed by atoms with E-state index >= 15 is 0 Å². The highest BCUT2D eigenvalue weighted by Crippen LogP contribution is 2.19. The molecule has 0 bridgehead atoms. The number of rotatable bonds is 6. The molecule has 110 valence electrons. The predicted octanol–water partition coefficient (Wildman–Crippen LogP) is -0.340. The summed E-state index contributed by atoms with van der Waals surface area (Å²) in [5.74, 6) is 0.554. The molecule has 9 heteroatoms. The number of aryl methyl sites for hydroxylation is 1. The van der Waals surface area contributed by atoms with Crippen LogP contribution in [0.4, 0.5) is 0 Å². The Morgan fingerprint density at radius 1 is 1.45 bits per heavy atom. The van der Waals surface area contributed by atoms with E-state index in [9.17, 15) is 8.42 Å². The van der Waals surface area contributed by atoms with Gasteiger partial charge in [-0.15, -0.1) is 0 Å². The summed E-state index contributed by atoms with van der Waals surface area (Å²) in [6.07, 6.45) is 3.21. The van der Waals surface area contributed by atoms with Gasteiger partial charge < -0.3 is 10.7 Å². The van der Waals surface area contributed by atoms with Crippen LogP contribution in [0.5, 0.6) is 0 Å². The largest absolute Gasteiger partial charge is 0.347 e. The highest BCUT2D eigenvalue weighted by atomic mass is 32.2. The Labute approximate surface area is 117 Å². The molecule has 2 rings (SSSR count). The molecule has 8 nitrogen and oxygen atoms in total. The van der Waals surface area contributed by atoms with E-state index in [2.05, 4.69) is 19.8 Å². The van der Waals surface area contributed by atoms with E-state index < -0.39 is 10.0 Å². The first-order valence-electron chi connectivity index (χ1n) is 6.17. The van der Waals surface area contributed by atoms with Crippen LogP contribution in [-0.4, -0.2) is 34.7 Å². The quantitative estimate of drug-likeness (QED) is 0.674. The van der Waals surface area contributed by atoms with Gasteiger partial charge in [0.2, 0.25) is 10.0 Å². The molecule has 0 spiro atoms. The van der Waals surface area contributed by atoms with Crippen LogP contribution < -0.4 is 10.5 Å². The monoisotopic (exact) mass is 298 g/mol. The van der Waals surface area contributed by atoms with Crippen LogP contribution >= 0.6 is 0 Å². The van der Waals surface area contributed by atoms with E-state index in [1.54, 1.807) is 30.9 Å². The van der Waals surface area contributed by atoms with Gasteiger partial charge in [0, 0.05) is 18.9 Å². The standard InChI is InChI=1S/C11H18N6O2S/c1-8-11(9(2)17(16-8)6-3-12)20(18,19)15-7-10-13-4-5-14-10/h4-5,15H,3,6-7,12H2,1-2H3,(H,13,14). The SMILES string of the molecule is Cc1nn(CCN)c(C)c1S(=O)(=O)NCc1ncc[nH]1. The number of aromatic nitrogens is 4. The van der Waals surface area contributed by atoms with Crippen LogP contribution in [0.1, 0.15) is 17.2 Å². The van der Waals surface area contributed by atoms with Crippen molar-refractivity contribution >= 4 is 10.0 Å². The fourth-order valence-corrected chi connectivity index (χ4v) is 3.43. The number of imidazole rings is 1. The third-order valence-corrected chi connectivity index (χ3v) is 4.56. The average molecular weight is 298 g/mol. The number of aromatic amines is 1. The molecule has 20 heavy (non-hydrogen) atoms. The van der Waals surface area contributed by atoms with Gasteiger partial charge in [-0.3, -0.25) is 4.68 Å². The van der Waals surface area contributed by atoms with Crippen LogP contribution in [0.25, 0.3) is 0 Å². The Morgan fingerprint density at radius 2 is 2.20 bits per heavy atom. The number of nitrogens with zero attached hydrogens (tertiary/aromatic N) is 3. The first kappa shape index (κ1) is 14.7. The van der Waals surface area contributed by atoms with Crippen molar-refractivity contribution in [2.75, 3.05) is 6.54 Å². The van der Waals surface area contributed by atoms with E-state index in [0.29, 0.717) is 30.3 Å². The van der Waals surface area contributed by atoms with E-state index in [1.807, 2.05) is 0 Å². The number of sulfonamides is 1. The summed E-state index contributed by atoms with van der Waals surface area (Å²) >= 11 is 0. The van der Waals surface area contributed by atoms with Crippen LogP contribution in [-0.2, 0) is 23.1 Å². The van der Waals surface area contributed by atoms with Crippen molar-refractivity contribution in [3.63, 3.8) is 0 Å². The lowest BCUT2D eigenvalue weighted by molar-refractivity contribution is 0.576. The minimum Gasteiger partial charge on any atom is -0.347 e. The molecular weight excluding hydrogens is 280 g/mol. The molecule has 0 amide bonds. The summed E-state index contributed by atoms with van der Waals surface area (Å²) in [7, 11) is -3.63. The zero-order valence-corrected chi connectivity index (χ0v) is 12.2. The van der Waals surface area contributed by atoms with E-state index in [-0.39, 0.29) is 11.4 Å². The van der Waals surface area contributed by atoms with Crippen LogP contribution in [0.3, 0.4) is 0 Å². The summed E-state index contributed by atoms with van der Waals surface area (Å²) in [6, 6.07) is 0. The zero-order valence-electron chi connectivity index (χ0n) is 11.4. The molecule has 2 aromatic rings. The summed E-state index contributed by atoms with van der Waals surface area (Å²) in [4.78, 5) is 7.02. The Kier molecular flexibility index (Phi) is 4.21. The Hall–Kier alpha value is -1.71. The van der Waals surface area contributed by atoms with Crippen LogP contribution in [0.15, 0.2) is 17.3 Å². The van der Waals surface area contributed by atoms with Gasteiger partial charge in [-0.1, -0.05) is 0 Å². The maximum atomic E-state index is 12.3. The van der Waals surface area contributed by atoms with Crippen LogP contribution in [0.2, 0.25) is 0 Å². The lowest BCUT2D eigenvalue weighted by atomic mass is 10.4. The maximum Gasteiger partial charge on any atom is 0.244 e. The molecule has 0 saturated heterocycles. The molecule has 2 aromatic heterocycles. The number of H-pyrrole nitrogens is 1. The first-order valence-corrected chi connectivity index (χ1v) is 7.66. The molecule has 0 radical (unpaired) electrons. The van der Waals surface area contributed by atoms with E-state index in [0.717, 1.165) is 0 Å². The van der Waals surface area contributed by atoms with Gasteiger partial charge in [0.1, 0.15) is 10.7 Å². The van der Waals surface area contributed by atoms with Crippen molar-refractivity contribution in [2.45, 2.75) is 31.8 Å². The van der Waals surface area contributed by atoms with Gasteiger partial charge in [0.05, 0.1) is 24.5 Å². The molecule has 0 unspecified atom stereocenters. The molecule has 0 atom stereocenters. The van der Waals surface area contributed by atoms with Gasteiger partial charge in [0.25, 0.3) is 0 Å². The number of hydrogen-bond acceptors (Lipinski definition) is 5. The topological polar surface area (TPSA) is 119 Å². The summed E-state index contributed by atoms with van der Waals surface area (Å²) < 4.78 is 28.8. The van der Waals surface area contributed by atoms with Crippen molar-refractivity contribution in [1.82, 2.24) is 24.5 Å². The second kappa shape index (κ2) is 5.73. The minimum atomic E-state index is -3.63. The molecule has 2 heterocycles. The maximum absolute atomic E-state index is 12.3. The van der Waals surface area contributed by atoms with Gasteiger partial charge in [0.15, 0.2) is 0 Å². The molecule has 0 aromatic carbocycles. The highest BCUT2D eigenvalue weighted by Gasteiger charge is 2.24. The Balaban J connectivity index is 2.25. The van der Waals surface area contributed by atoms with Crippen molar-refractivity contribution in [1.29, 1.82) is 0 Å². The molecule has 0 saturated carbocycles. The number of nitrogens with one attached hydrogen (secondary N) is 2. The lowest BCUT2D eigenvalue weighted by Crippen LogP contribution is -2.25. The zero-order chi connectivity index (χ0) is 14.8. The molecular formula is C11H18N6O2S. The summed E-state index contributed by atoms with van der Waals surface area (Å²) in [5.41, 5.74) is 6.53. The van der Waals surface area contributed by atoms with Crippen molar-refractivity contribution in [3.8, 4) is 0 Å². The molecule has 0 fully saturated rings. The fourth-order valence-electron chi connectivity index (χ4n) is 2.04. The molecule has 4 N–H and O–H groups in total. The predicted molar refractivity (Wildman–Crippen MR) is 73.4 cm³/mol. The molecule has 0 aliphatic heterocycles. The average Bonchev–Trinajstić information content (AvgIpc) is 2.97. The van der Waals surface area contributed by atoms with Gasteiger partial charge in [-0.05, 0) is 13.8 Å². The van der Waals surface area contributed by atoms with E-state index in [4.69, 9.17) is 5.73 Å². The third kappa shape index (κ3) is 2.89. The first-order chi connectivity index (χ1) is 9.45. The van der Waals surface area contributed by atoms with Gasteiger partial charge in [-0.2, -0.15) is 5.10 Å². The molecule has 0 aliphatic rings. The minimum absolute atomic E-state index is 0.107. The third-order valence-electron chi connectivity index (χ3n) is 2.91. The number of hydrogen-bond donors (Lipinski definition) is 3. The smallest absolute Gasteiger partial charge is 0.244 e. The fraction of sp³-hybridized carbons (Fsp3) is 0.455. The lowest BCUT2D eigenvalue weighted by Gasteiger charge is -2.06. The van der Waals surface area contributed by atoms with Gasteiger partial charge in [-0.25, -0.2) is 18.1 Å². The van der Waals surface area contributed by atoms with Crippen molar-refractivity contribution in [3.05, 3.63) is 29.6 Å². The summed E-state index contributed by atoms with van der Waals surface area (Å²) in [5, 5.41) is 4.21. The Morgan fingerprint density at radius 3 is 2.80 bits per heavy atom. The van der Waals surface area contributed by atoms with Crippen molar-refractivity contribution in [2.24, 2.45) is 5.73 Å². The summed E-state index contributed by atoms with van der Waals surface area (Å²) in [6.45, 7) is 4.39. The second-order valence-electron chi connectivity index (χ2n) is 4.37. The number of nitrogens with two attached hydrogens (primary N) is 1. The Bertz CT molecular complexity index is 674.